The number of aryl methyl sites for hydroxylation is 1. The number of para-hydroxylation sites is 1. The van der Waals surface area contributed by atoms with Gasteiger partial charge in [-0.3, -0.25) is 19.4 Å². The molecule has 2 aromatic rings. The van der Waals surface area contributed by atoms with Gasteiger partial charge in [0.2, 0.25) is 0 Å². The summed E-state index contributed by atoms with van der Waals surface area (Å²) >= 11 is 0. The zero-order valence-corrected chi connectivity index (χ0v) is 43.0. The molecule has 0 bridgehead atoms. The number of fused-ring (bicyclic) bond motifs is 1. The molecule has 394 valence electrons. The van der Waals surface area contributed by atoms with Gasteiger partial charge >= 0.3 is 17.9 Å². The topological polar surface area (TPSA) is 222 Å². The molecule has 5 rings (SSSR count). The molecule has 3 saturated heterocycles. The molecule has 3 N–H and O–H groups in total. The van der Waals surface area contributed by atoms with Gasteiger partial charge in [-0.2, -0.15) is 0 Å². The summed E-state index contributed by atoms with van der Waals surface area (Å²) in [7, 11) is 6.85. The van der Waals surface area contributed by atoms with Gasteiger partial charge in [0.15, 0.2) is 18.7 Å². The van der Waals surface area contributed by atoms with E-state index >= 15 is 0 Å². The van der Waals surface area contributed by atoms with Crippen LogP contribution in [-0.4, -0.2) is 181 Å². The highest BCUT2D eigenvalue weighted by Gasteiger charge is 2.53. The average molecular weight is 988 g/mol. The number of carbonyl (C=O) groups excluding carboxylic acids is 4. The Morgan fingerprint density at radius 2 is 1.71 bits per heavy atom. The number of hydrogen-bond acceptors (Lipinski definition) is 18. The molecule has 0 amide bonds. The first-order chi connectivity index (χ1) is 33.3. The Kier molecular flexibility index (Phi) is 21.9. The molecular formula is C52H81N3O15. The second-order valence-electron chi connectivity index (χ2n) is 20.1. The number of nitrogens with zero attached hydrogens (tertiary/aromatic N) is 3. The van der Waals surface area contributed by atoms with Gasteiger partial charge in [0.25, 0.3) is 0 Å². The van der Waals surface area contributed by atoms with Crippen molar-refractivity contribution in [2.24, 2.45) is 11.8 Å². The van der Waals surface area contributed by atoms with Gasteiger partial charge in [-0.25, -0.2) is 0 Å². The number of cyclic esters (lactones) is 1. The summed E-state index contributed by atoms with van der Waals surface area (Å²) < 4.78 is 49.9. The molecule has 3 fully saturated rings. The predicted octanol–water partition coefficient (Wildman–Crippen LogP) is 4.53. The third-order valence-corrected chi connectivity index (χ3v) is 14.1. The number of methoxy groups -OCH3 is 1. The lowest BCUT2D eigenvalue weighted by atomic mass is 9.82. The van der Waals surface area contributed by atoms with Crippen LogP contribution in [0.1, 0.15) is 111 Å². The summed E-state index contributed by atoms with van der Waals surface area (Å²) in [5.41, 5.74) is 0.484. The van der Waals surface area contributed by atoms with Crippen molar-refractivity contribution in [1.82, 2.24) is 14.8 Å². The zero-order chi connectivity index (χ0) is 51.3. The van der Waals surface area contributed by atoms with Crippen LogP contribution in [0.15, 0.2) is 36.5 Å². The summed E-state index contributed by atoms with van der Waals surface area (Å²) in [5, 5.41) is 36.4. The van der Waals surface area contributed by atoms with E-state index in [1.165, 1.54) is 7.11 Å². The Morgan fingerprint density at radius 1 is 1.00 bits per heavy atom. The van der Waals surface area contributed by atoms with Crippen LogP contribution >= 0.6 is 0 Å². The molecule has 3 aliphatic rings. The lowest BCUT2D eigenvalue weighted by Gasteiger charge is -2.50. The van der Waals surface area contributed by atoms with Crippen LogP contribution in [0.5, 0.6) is 0 Å². The van der Waals surface area contributed by atoms with Gasteiger partial charge < -0.3 is 67.8 Å². The third-order valence-electron chi connectivity index (χ3n) is 14.1. The smallest absolute Gasteiger partial charge is 0.309 e. The number of rotatable bonds is 16. The quantitative estimate of drug-likeness (QED) is 0.119. The van der Waals surface area contributed by atoms with E-state index in [1.807, 2.05) is 49.3 Å². The fourth-order valence-corrected chi connectivity index (χ4v) is 10.3. The van der Waals surface area contributed by atoms with E-state index in [1.54, 1.807) is 53.6 Å². The first-order valence-corrected chi connectivity index (χ1v) is 25.2. The highest BCUT2D eigenvalue weighted by atomic mass is 16.7. The highest BCUT2D eigenvalue weighted by Crippen LogP contribution is 2.38. The van der Waals surface area contributed by atoms with Gasteiger partial charge in [-0.05, 0) is 117 Å². The number of aliphatic hydroxyl groups excluding tert-OH is 2. The highest BCUT2D eigenvalue weighted by molar-refractivity contribution is 5.78. The number of benzene rings is 1. The lowest BCUT2D eigenvalue weighted by molar-refractivity contribution is -0.344. The van der Waals surface area contributed by atoms with Crippen molar-refractivity contribution in [3.8, 4) is 0 Å². The molecule has 0 spiro atoms. The number of β-amino-alcohol motifs (C(OH)–C–C–N with tert-alkyl or cyclic N) is 1. The summed E-state index contributed by atoms with van der Waals surface area (Å²) in [6.07, 6.45) is -6.20. The summed E-state index contributed by atoms with van der Waals surface area (Å²) in [4.78, 5) is 60.6. The van der Waals surface area contributed by atoms with Crippen LogP contribution in [0.2, 0.25) is 0 Å². The van der Waals surface area contributed by atoms with E-state index in [0.717, 1.165) is 29.2 Å². The molecule has 5 unspecified atom stereocenters. The Bertz CT molecular complexity index is 1970. The molecule has 18 heteroatoms. The number of ether oxygens (including phenoxy) is 8. The average Bonchev–Trinajstić information content (AvgIpc) is 3.30. The largest absolute Gasteiger partial charge is 0.462 e. The summed E-state index contributed by atoms with van der Waals surface area (Å²) in [6, 6.07) is 9.26. The molecule has 4 heterocycles. The van der Waals surface area contributed by atoms with Gasteiger partial charge in [0.1, 0.15) is 42.4 Å². The lowest BCUT2D eigenvalue weighted by Crippen LogP contribution is -2.66. The van der Waals surface area contributed by atoms with Crippen LogP contribution in [0.25, 0.3) is 10.9 Å². The first kappa shape index (κ1) is 57.2. The van der Waals surface area contributed by atoms with Crippen molar-refractivity contribution in [2.75, 3.05) is 41.3 Å². The Hall–Kier alpha value is -3.69. The SMILES string of the molecule is CCC(=O)O[C@@H]1CC(=O)O[C@@H](CCCc2cnc3ccccc3c2)CCCN(C)C[C@H](O)[C@H](C)C[C@H](CC=O)[C@H](O[C@@H]2OC(C)[C@@H](O[C@H]3CC(C)(O)[C@@H](OC(=O)CC)C(C)O3)C(N(C)C)C2O)[C@H]1OC. The van der Waals surface area contributed by atoms with Crippen LogP contribution in [0.3, 0.4) is 0 Å². The standard InChI is InChI=1S/C52H81N3O15/c1-11-41(58)67-40-27-43(60)66-37(19-15-17-34-26-35-18-13-14-21-38(35)53-29-34)20-16-23-55(9)30-39(57)31(3)25-36(22-24-56)48(49(40)63-10)70-51-46(61)45(54(7)8)47(32(4)65-51)69-44-28-52(6,62)50(33(5)64-44)68-42(59)12-2/h13-14,18,21,24,26,29,31-33,36-37,39-40,44-51,57,61-62H,11-12,15-17,19-20,22-23,25,27-28,30H2,1-10H3/t31-,32?,33?,36+,37+,39+,40-,44+,45?,46?,47-,48+,49+,50+,51+,52?/m1/s1. The number of aromatic nitrogens is 1. The van der Waals surface area contributed by atoms with E-state index in [9.17, 15) is 34.5 Å². The van der Waals surface area contributed by atoms with E-state index in [2.05, 4.69) is 11.1 Å². The molecule has 18 nitrogen and oxygen atoms in total. The molecule has 0 aliphatic carbocycles. The van der Waals surface area contributed by atoms with Crippen molar-refractivity contribution >= 4 is 35.1 Å². The fourth-order valence-electron chi connectivity index (χ4n) is 10.3. The summed E-state index contributed by atoms with van der Waals surface area (Å²) in [5.74, 6) is -2.75. The van der Waals surface area contributed by atoms with E-state index < -0.39 is 116 Å². The molecule has 70 heavy (non-hydrogen) atoms. The number of esters is 3. The molecule has 1 aromatic carbocycles. The number of pyridine rings is 1. The maximum atomic E-state index is 14.2. The van der Waals surface area contributed by atoms with Crippen LogP contribution < -0.4 is 0 Å². The Morgan fingerprint density at radius 3 is 2.39 bits per heavy atom. The van der Waals surface area contributed by atoms with E-state index in [4.69, 9.17) is 37.9 Å². The number of hydrogen-bond donors (Lipinski definition) is 3. The van der Waals surface area contributed by atoms with Crippen LogP contribution in [-0.2, 0) is 63.5 Å². The number of carbonyl (C=O) groups is 4. The van der Waals surface area contributed by atoms with Crippen LogP contribution in [0, 0.1) is 11.8 Å². The molecule has 1 aromatic heterocycles. The maximum Gasteiger partial charge on any atom is 0.309 e. The molecular weight excluding hydrogens is 907 g/mol. The van der Waals surface area contributed by atoms with Gasteiger partial charge in [-0.15, -0.1) is 0 Å². The molecule has 0 saturated carbocycles. The minimum atomic E-state index is -1.50. The number of aldehydes is 1. The monoisotopic (exact) mass is 988 g/mol. The minimum Gasteiger partial charge on any atom is -0.462 e. The maximum absolute atomic E-state index is 14.2. The van der Waals surface area contributed by atoms with Crippen molar-refractivity contribution in [2.45, 2.75) is 197 Å². The van der Waals surface area contributed by atoms with Gasteiger partial charge in [0.05, 0.1) is 42.4 Å². The second kappa shape index (κ2) is 26.8. The van der Waals surface area contributed by atoms with Gasteiger partial charge in [0, 0.05) is 50.9 Å². The van der Waals surface area contributed by atoms with Crippen molar-refractivity contribution < 1.29 is 72.4 Å². The minimum absolute atomic E-state index is 0.00833. The molecule has 0 radical (unpaired) electrons. The predicted molar refractivity (Wildman–Crippen MR) is 258 cm³/mol. The van der Waals surface area contributed by atoms with Gasteiger partial charge in [-0.1, -0.05) is 39.0 Å². The number of likely N-dealkylation sites (N-methyl/N-ethyl adjacent to an activating group) is 2. The van der Waals surface area contributed by atoms with Crippen molar-refractivity contribution in [3.05, 3.63) is 42.1 Å². The third kappa shape index (κ3) is 15.7. The zero-order valence-electron chi connectivity index (χ0n) is 43.0. The normalized spacial score (nSPS) is 35.5. The van der Waals surface area contributed by atoms with Crippen molar-refractivity contribution in [3.63, 3.8) is 0 Å². The van der Waals surface area contributed by atoms with Crippen molar-refractivity contribution in [1.29, 1.82) is 0 Å². The van der Waals surface area contributed by atoms with E-state index in [-0.39, 0.29) is 38.0 Å². The fraction of sp³-hybridized carbons (Fsp3) is 0.750. The second-order valence-corrected chi connectivity index (χ2v) is 20.1. The Balaban J connectivity index is 1.43. The summed E-state index contributed by atoms with van der Waals surface area (Å²) in [6.45, 7) is 11.2. The molecule has 16 atom stereocenters. The van der Waals surface area contributed by atoms with Crippen LogP contribution in [0.4, 0.5) is 0 Å². The number of aliphatic hydroxyl groups is 3. The van der Waals surface area contributed by atoms with E-state index in [0.29, 0.717) is 38.8 Å². The Labute approximate surface area is 413 Å². The first-order valence-electron chi connectivity index (χ1n) is 25.2. The molecule has 3 aliphatic heterocycles.